The quantitative estimate of drug-likeness (QED) is 0.171. The van der Waals surface area contributed by atoms with Gasteiger partial charge in [-0.15, -0.1) is 23.5 Å². The van der Waals surface area contributed by atoms with Crippen LogP contribution in [0.4, 0.5) is 0 Å². The Balaban J connectivity index is 3.45. The zero-order valence-electron chi connectivity index (χ0n) is 12.6. The molecule has 0 fully saturated rings. The average Bonchev–Trinajstić information content (AvgIpc) is 2.46. The molecule has 0 aliphatic carbocycles. The lowest BCUT2D eigenvalue weighted by molar-refractivity contribution is 0.710. The topological polar surface area (TPSA) is 0 Å². The van der Waals surface area contributed by atoms with Gasteiger partial charge in [0.1, 0.15) is 0 Å². The van der Waals surface area contributed by atoms with Gasteiger partial charge in [0.15, 0.2) is 0 Å². The summed E-state index contributed by atoms with van der Waals surface area (Å²) in [6.07, 6.45) is 12.0. The number of thiol groups is 3. The van der Waals surface area contributed by atoms with Crippen LogP contribution in [-0.2, 0) is 0 Å². The second kappa shape index (κ2) is 18.8. The molecule has 0 aromatic carbocycles. The van der Waals surface area contributed by atoms with Crippen LogP contribution in [0.25, 0.3) is 0 Å². The number of unbranched alkanes of at least 4 members (excludes halogenated alkanes) is 6. The van der Waals surface area contributed by atoms with Crippen LogP contribution in [0.1, 0.15) is 57.8 Å². The van der Waals surface area contributed by atoms with E-state index >= 15 is 0 Å². The van der Waals surface area contributed by atoms with Crippen molar-refractivity contribution in [3.05, 3.63) is 0 Å². The lowest BCUT2D eigenvalue weighted by Crippen LogP contribution is -2.01. The Labute approximate surface area is 152 Å². The Morgan fingerprint density at radius 3 is 1.40 bits per heavy atom. The van der Waals surface area contributed by atoms with Gasteiger partial charge in [0.25, 0.3) is 0 Å². The van der Waals surface area contributed by atoms with E-state index in [1.54, 1.807) is 0 Å². The van der Waals surface area contributed by atoms with E-state index in [4.69, 9.17) is 0 Å². The molecule has 0 spiro atoms. The van der Waals surface area contributed by atoms with Crippen LogP contribution >= 0.6 is 61.4 Å². The minimum Gasteiger partial charge on any atom is -0.179 e. The van der Waals surface area contributed by atoms with Crippen molar-refractivity contribution in [1.82, 2.24) is 0 Å². The van der Waals surface area contributed by atoms with Crippen molar-refractivity contribution < 1.29 is 0 Å². The van der Waals surface area contributed by atoms with Crippen molar-refractivity contribution >= 4 is 61.4 Å². The molecule has 0 radical (unpaired) electrons. The van der Waals surface area contributed by atoms with Gasteiger partial charge >= 0.3 is 0 Å². The first-order valence-electron chi connectivity index (χ1n) is 7.91. The van der Waals surface area contributed by atoms with Crippen molar-refractivity contribution in [3.63, 3.8) is 0 Å². The van der Waals surface area contributed by atoms with Crippen LogP contribution in [0.15, 0.2) is 0 Å². The molecule has 0 aromatic heterocycles. The standard InChI is InChI=1S/C15H32S5/c16-10-5-1-3-7-13-19-15(9-12-18)20-14-8-4-2-6-11-17/h15-18H,1-14H2. The second-order valence-electron chi connectivity index (χ2n) is 4.96. The molecule has 0 saturated carbocycles. The van der Waals surface area contributed by atoms with E-state index in [0.29, 0.717) is 0 Å². The Morgan fingerprint density at radius 2 is 1.00 bits per heavy atom. The summed E-state index contributed by atoms with van der Waals surface area (Å²) in [5.74, 6) is 5.73. The summed E-state index contributed by atoms with van der Waals surface area (Å²) >= 11 is 17.2. The first-order chi connectivity index (χ1) is 9.85. The highest BCUT2D eigenvalue weighted by molar-refractivity contribution is 8.17. The predicted molar refractivity (Wildman–Crippen MR) is 112 cm³/mol. The molecule has 20 heavy (non-hydrogen) atoms. The SMILES string of the molecule is SCCCCCCSC(CCS)SCCCCCCS. The summed E-state index contributed by atoms with van der Waals surface area (Å²) < 4.78 is 0.766. The van der Waals surface area contributed by atoms with Crippen LogP contribution in [0.2, 0.25) is 0 Å². The van der Waals surface area contributed by atoms with E-state index < -0.39 is 0 Å². The summed E-state index contributed by atoms with van der Waals surface area (Å²) in [4.78, 5) is 0. The van der Waals surface area contributed by atoms with E-state index in [1.807, 2.05) is 0 Å². The lowest BCUT2D eigenvalue weighted by Gasteiger charge is -2.15. The molecule has 0 nitrogen and oxygen atoms in total. The third-order valence-corrected chi connectivity index (χ3v) is 7.05. The summed E-state index contributed by atoms with van der Waals surface area (Å²) in [7, 11) is 0. The highest BCUT2D eigenvalue weighted by Crippen LogP contribution is 2.29. The van der Waals surface area contributed by atoms with Crippen LogP contribution in [0.3, 0.4) is 0 Å². The molecule has 0 aliphatic heterocycles. The van der Waals surface area contributed by atoms with E-state index in [-0.39, 0.29) is 0 Å². The van der Waals surface area contributed by atoms with E-state index in [1.165, 1.54) is 69.3 Å². The van der Waals surface area contributed by atoms with Gasteiger partial charge in [-0.25, -0.2) is 0 Å². The Morgan fingerprint density at radius 1 is 0.550 bits per heavy atom. The predicted octanol–water partition coefficient (Wildman–Crippen LogP) is 6.08. The molecule has 0 amide bonds. The number of hydrogen-bond acceptors (Lipinski definition) is 5. The summed E-state index contributed by atoms with van der Waals surface area (Å²) in [6.45, 7) is 0. The fourth-order valence-electron chi connectivity index (χ4n) is 1.88. The Hall–Kier alpha value is 1.75. The van der Waals surface area contributed by atoms with Gasteiger partial charge in [-0.3, -0.25) is 0 Å². The molecule has 0 heterocycles. The van der Waals surface area contributed by atoms with Gasteiger partial charge in [-0.2, -0.15) is 37.9 Å². The summed E-state index contributed by atoms with van der Waals surface area (Å²) in [5, 5.41) is 0. The van der Waals surface area contributed by atoms with Crippen LogP contribution in [-0.4, -0.2) is 33.3 Å². The van der Waals surface area contributed by atoms with Gasteiger partial charge in [0.05, 0.1) is 4.58 Å². The highest BCUT2D eigenvalue weighted by Gasteiger charge is 2.08. The van der Waals surface area contributed by atoms with E-state index in [9.17, 15) is 0 Å². The Kier molecular flexibility index (Phi) is 20.4. The van der Waals surface area contributed by atoms with Crippen molar-refractivity contribution in [2.45, 2.75) is 62.4 Å². The third kappa shape index (κ3) is 16.1. The fourth-order valence-corrected chi connectivity index (χ4v) is 5.74. The zero-order chi connectivity index (χ0) is 14.9. The molecule has 0 atom stereocenters. The normalized spacial score (nSPS) is 11.4. The largest absolute Gasteiger partial charge is 0.179 e. The maximum Gasteiger partial charge on any atom is 0.0510 e. The lowest BCUT2D eigenvalue weighted by atomic mass is 10.2. The Bertz CT molecular complexity index is 162. The van der Waals surface area contributed by atoms with Crippen molar-refractivity contribution in [3.8, 4) is 0 Å². The van der Waals surface area contributed by atoms with Crippen LogP contribution in [0.5, 0.6) is 0 Å². The van der Waals surface area contributed by atoms with Gasteiger partial charge in [-0.1, -0.05) is 25.7 Å². The number of thioether (sulfide) groups is 2. The molecule has 0 unspecified atom stereocenters. The first kappa shape index (κ1) is 21.8. The molecule has 0 rings (SSSR count). The van der Waals surface area contributed by atoms with Crippen molar-refractivity contribution in [2.24, 2.45) is 0 Å². The monoisotopic (exact) mass is 372 g/mol. The number of rotatable bonds is 16. The molecular weight excluding hydrogens is 341 g/mol. The maximum absolute atomic E-state index is 4.40. The van der Waals surface area contributed by atoms with Crippen LogP contribution in [0, 0.1) is 0 Å². The third-order valence-electron chi connectivity index (χ3n) is 3.08. The van der Waals surface area contributed by atoms with Gasteiger partial charge in [0, 0.05) is 0 Å². The maximum atomic E-state index is 4.40. The molecule has 5 heteroatoms. The van der Waals surface area contributed by atoms with E-state index in [2.05, 4.69) is 61.4 Å². The number of hydrogen-bond donors (Lipinski definition) is 3. The molecule has 0 aliphatic rings. The smallest absolute Gasteiger partial charge is 0.0510 e. The highest BCUT2D eigenvalue weighted by atomic mass is 32.2. The molecule has 0 bridgehead atoms. The second-order valence-corrected chi connectivity index (χ2v) is 9.22. The summed E-state index contributed by atoms with van der Waals surface area (Å²) in [6, 6.07) is 0. The minimum absolute atomic E-state index is 0.766. The fraction of sp³-hybridized carbons (Fsp3) is 1.00. The minimum atomic E-state index is 0.766. The van der Waals surface area contributed by atoms with E-state index in [0.717, 1.165) is 21.8 Å². The first-order valence-corrected chi connectivity index (χ1v) is 11.9. The van der Waals surface area contributed by atoms with Gasteiger partial charge < -0.3 is 0 Å². The van der Waals surface area contributed by atoms with Crippen molar-refractivity contribution in [2.75, 3.05) is 28.8 Å². The molecule has 122 valence electrons. The summed E-state index contributed by atoms with van der Waals surface area (Å²) in [5.41, 5.74) is 0. The molecule has 0 aromatic rings. The molecule has 0 saturated heterocycles. The van der Waals surface area contributed by atoms with Gasteiger partial charge in [0.2, 0.25) is 0 Å². The van der Waals surface area contributed by atoms with Crippen molar-refractivity contribution in [1.29, 1.82) is 0 Å². The molecule has 0 N–H and O–H groups in total. The van der Waals surface area contributed by atoms with Gasteiger partial charge in [-0.05, 0) is 60.9 Å². The molecular formula is C15H32S5. The average molecular weight is 373 g/mol. The van der Waals surface area contributed by atoms with Crippen LogP contribution < -0.4 is 0 Å². The zero-order valence-corrected chi connectivity index (χ0v) is 17.0.